The van der Waals surface area contributed by atoms with Crippen molar-refractivity contribution in [2.24, 2.45) is 0 Å². The fourth-order valence-electron chi connectivity index (χ4n) is 4.69. The van der Waals surface area contributed by atoms with Crippen molar-refractivity contribution in [1.82, 2.24) is 24.5 Å². The van der Waals surface area contributed by atoms with E-state index in [0.29, 0.717) is 5.75 Å². The highest BCUT2D eigenvalue weighted by molar-refractivity contribution is 5.93. The average molecular weight is 481 g/mol. The minimum atomic E-state index is -0.500. The molecule has 0 atom stereocenters. The molecule has 1 aromatic carbocycles. The molecule has 0 unspecified atom stereocenters. The Kier molecular flexibility index (Phi) is 6.65. The van der Waals surface area contributed by atoms with Gasteiger partial charge in [-0.1, -0.05) is 6.07 Å². The van der Waals surface area contributed by atoms with Crippen LogP contribution in [0.2, 0.25) is 0 Å². The molecule has 0 radical (unpaired) electrons. The van der Waals surface area contributed by atoms with Crippen LogP contribution in [-0.2, 0) is 0 Å². The van der Waals surface area contributed by atoms with E-state index in [0.717, 1.165) is 53.7 Å². The number of anilines is 1. The van der Waals surface area contributed by atoms with Crippen LogP contribution in [0.15, 0.2) is 48.9 Å². The van der Waals surface area contributed by atoms with E-state index in [2.05, 4.69) is 20.1 Å². The lowest BCUT2D eigenvalue weighted by Crippen LogP contribution is -2.26. The summed E-state index contributed by atoms with van der Waals surface area (Å²) in [6.07, 6.45) is 8.78. The van der Waals surface area contributed by atoms with Gasteiger partial charge in [0.25, 0.3) is 0 Å². The monoisotopic (exact) mass is 480 g/mol. The lowest BCUT2D eigenvalue weighted by molar-refractivity contribution is 0.130. The Labute approximate surface area is 202 Å². The highest BCUT2D eigenvalue weighted by atomic mass is 19.1. The molecule has 3 heterocycles. The minimum absolute atomic E-state index is 0.0380. The Morgan fingerprint density at radius 1 is 1.14 bits per heavy atom. The van der Waals surface area contributed by atoms with Crippen LogP contribution in [0.4, 0.5) is 10.2 Å². The molecule has 5 rings (SSSR count). The molecule has 1 aliphatic rings. The number of nitrogens with zero attached hydrogens (tertiary/aromatic N) is 5. The van der Waals surface area contributed by atoms with Gasteiger partial charge in [0.05, 0.1) is 43.1 Å². The Morgan fingerprint density at radius 2 is 1.94 bits per heavy atom. The second kappa shape index (κ2) is 10.0. The third kappa shape index (κ3) is 4.71. The van der Waals surface area contributed by atoms with E-state index in [-0.39, 0.29) is 31.2 Å². The summed E-state index contributed by atoms with van der Waals surface area (Å²) < 4.78 is 23.2. The van der Waals surface area contributed by atoms with Crippen molar-refractivity contribution >= 4 is 16.7 Å². The Balaban J connectivity index is 1.41. The summed E-state index contributed by atoms with van der Waals surface area (Å²) in [5, 5.41) is 32.3. The lowest BCUT2D eigenvalue weighted by atomic mass is 9.93. The van der Waals surface area contributed by atoms with Crippen LogP contribution in [0.3, 0.4) is 0 Å². The van der Waals surface area contributed by atoms with E-state index in [1.807, 2.05) is 19.3 Å². The maximum Gasteiger partial charge on any atom is 0.127 e. The number of aliphatic hydroxyl groups excluding tert-OH is 2. The number of ether oxygens (including phenoxy) is 1. The molecule has 10 heteroatoms. The molecule has 3 aromatic heterocycles. The molecular formula is C25H29FN6O3. The molecule has 1 aliphatic carbocycles. The number of hydrogen-bond donors (Lipinski definition) is 3. The summed E-state index contributed by atoms with van der Waals surface area (Å²) in [5.41, 5.74) is 2.53. The van der Waals surface area contributed by atoms with Crippen LogP contribution >= 0.6 is 0 Å². The predicted molar refractivity (Wildman–Crippen MR) is 130 cm³/mol. The van der Waals surface area contributed by atoms with Crippen LogP contribution in [0.1, 0.15) is 37.8 Å². The quantitative estimate of drug-likeness (QED) is 0.354. The topological polar surface area (TPSA) is 110 Å². The maximum atomic E-state index is 13.5. The van der Waals surface area contributed by atoms with Gasteiger partial charge in [-0.2, -0.15) is 10.2 Å². The highest BCUT2D eigenvalue weighted by Gasteiger charge is 2.27. The first-order valence-corrected chi connectivity index (χ1v) is 11.8. The number of rotatable bonds is 8. The van der Waals surface area contributed by atoms with Crippen LogP contribution in [-0.4, -0.2) is 61.1 Å². The van der Waals surface area contributed by atoms with Crippen molar-refractivity contribution < 1.29 is 19.3 Å². The number of aliphatic hydroxyl groups is 2. The van der Waals surface area contributed by atoms with Crippen molar-refractivity contribution in [3.63, 3.8) is 0 Å². The van der Waals surface area contributed by atoms with Crippen molar-refractivity contribution in [3.05, 3.63) is 54.7 Å². The Bertz CT molecular complexity index is 1290. The lowest BCUT2D eigenvalue weighted by Gasteiger charge is -2.29. The molecule has 3 N–H and O–H groups in total. The fourth-order valence-corrected chi connectivity index (χ4v) is 4.69. The molecule has 4 aromatic rings. The summed E-state index contributed by atoms with van der Waals surface area (Å²) in [4.78, 5) is 4.49. The normalized spacial score (nSPS) is 18.3. The molecule has 0 saturated heterocycles. The molecule has 1 fully saturated rings. The zero-order chi connectivity index (χ0) is 24.4. The van der Waals surface area contributed by atoms with Crippen LogP contribution < -0.4 is 10.1 Å². The molecule has 35 heavy (non-hydrogen) atoms. The van der Waals surface area contributed by atoms with Crippen molar-refractivity contribution in [2.75, 3.05) is 25.6 Å². The summed E-state index contributed by atoms with van der Waals surface area (Å²) in [5.74, 6) is 1.02. The minimum Gasteiger partial charge on any atom is -0.490 e. The average Bonchev–Trinajstić information content (AvgIpc) is 3.50. The third-order valence-electron chi connectivity index (χ3n) is 6.61. The molecule has 184 valence electrons. The first kappa shape index (κ1) is 23.3. The number of benzene rings is 1. The second-order valence-corrected chi connectivity index (χ2v) is 8.86. The SMILES string of the molecule is CNc1cc2c(cn1)c(-c1cnn(C(CO)CO)c1)nn2C1CCC(Oc2cccc(F)c2)CC1. The van der Waals surface area contributed by atoms with Gasteiger partial charge < -0.3 is 20.3 Å². The van der Waals surface area contributed by atoms with Crippen molar-refractivity contribution in [3.8, 4) is 17.0 Å². The summed E-state index contributed by atoms with van der Waals surface area (Å²) in [7, 11) is 1.83. The van der Waals surface area contributed by atoms with E-state index in [1.165, 1.54) is 12.1 Å². The van der Waals surface area contributed by atoms with Gasteiger partial charge in [-0.25, -0.2) is 9.37 Å². The Morgan fingerprint density at radius 3 is 2.66 bits per heavy atom. The number of hydrogen-bond acceptors (Lipinski definition) is 7. The molecule has 9 nitrogen and oxygen atoms in total. The predicted octanol–water partition coefficient (Wildman–Crippen LogP) is 3.56. The number of halogens is 1. The standard InChI is InChI=1S/C25H29FN6O3/c1-27-24-10-23-22(12-28-24)25(16-11-29-31(13-16)19(14-33)15-34)30-32(23)18-5-7-20(8-6-18)35-21-4-2-3-17(26)9-21/h2-4,9-13,18-20,33-34H,5-8,14-15H2,1H3,(H,27,28). The van der Waals surface area contributed by atoms with Gasteiger partial charge in [0.1, 0.15) is 23.1 Å². The van der Waals surface area contributed by atoms with E-state index in [9.17, 15) is 14.6 Å². The van der Waals surface area contributed by atoms with Gasteiger partial charge in [0.15, 0.2) is 0 Å². The van der Waals surface area contributed by atoms with E-state index in [4.69, 9.17) is 9.84 Å². The Hall–Kier alpha value is -3.50. The van der Waals surface area contributed by atoms with Crippen molar-refractivity contribution in [2.45, 2.75) is 43.9 Å². The van der Waals surface area contributed by atoms with Crippen LogP contribution in [0, 0.1) is 5.82 Å². The molecular weight excluding hydrogens is 451 g/mol. The largest absolute Gasteiger partial charge is 0.490 e. The summed E-state index contributed by atoms with van der Waals surface area (Å²) in [6.45, 7) is -0.415. The van der Waals surface area contributed by atoms with Gasteiger partial charge >= 0.3 is 0 Å². The first-order valence-electron chi connectivity index (χ1n) is 11.8. The molecule has 0 amide bonds. The van der Waals surface area contributed by atoms with Gasteiger partial charge in [0.2, 0.25) is 0 Å². The van der Waals surface area contributed by atoms with Crippen molar-refractivity contribution in [1.29, 1.82) is 0 Å². The molecule has 1 saturated carbocycles. The maximum absolute atomic E-state index is 13.5. The molecule has 0 spiro atoms. The van der Waals surface area contributed by atoms with Gasteiger partial charge in [-0.05, 0) is 37.8 Å². The smallest absolute Gasteiger partial charge is 0.127 e. The number of fused-ring (bicyclic) bond motifs is 1. The highest BCUT2D eigenvalue weighted by Crippen LogP contribution is 2.36. The molecule has 0 aliphatic heterocycles. The van der Waals surface area contributed by atoms with Gasteiger partial charge in [-0.15, -0.1) is 0 Å². The second-order valence-electron chi connectivity index (χ2n) is 8.86. The summed E-state index contributed by atoms with van der Waals surface area (Å²) >= 11 is 0. The number of pyridine rings is 1. The number of aromatic nitrogens is 5. The van der Waals surface area contributed by atoms with Crippen LogP contribution in [0.25, 0.3) is 22.2 Å². The zero-order valence-electron chi connectivity index (χ0n) is 19.5. The van der Waals surface area contributed by atoms with Gasteiger partial charge in [-0.3, -0.25) is 9.36 Å². The van der Waals surface area contributed by atoms with E-state index < -0.39 is 6.04 Å². The zero-order valence-corrected chi connectivity index (χ0v) is 19.5. The summed E-state index contributed by atoms with van der Waals surface area (Å²) in [6, 6.07) is 7.96. The van der Waals surface area contributed by atoms with E-state index in [1.54, 1.807) is 29.2 Å². The van der Waals surface area contributed by atoms with Crippen LogP contribution in [0.5, 0.6) is 5.75 Å². The van der Waals surface area contributed by atoms with Gasteiger partial charge in [0, 0.05) is 42.5 Å². The fraction of sp³-hybridized carbons (Fsp3) is 0.400. The van der Waals surface area contributed by atoms with E-state index >= 15 is 0 Å². The first-order chi connectivity index (χ1) is 17.1. The molecule has 0 bridgehead atoms. The third-order valence-corrected chi connectivity index (χ3v) is 6.61. The number of nitrogens with one attached hydrogen (secondary N) is 1.